The van der Waals surface area contributed by atoms with E-state index < -0.39 is 11.6 Å². The molecule has 0 bridgehead atoms. The molecule has 0 fully saturated rings. The molecular formula is C14H16F2. The normalized spacial score (nSPS) is 14.6. The highest BCUT2D eigenvalue weighted by Crippen LogP contribution is 2.26. The van der Waals surface area contributed by atoms with E-state index in [1.54, 1.807) is 0 Å². The Balaban J connectivity index is 2.16. The zero-order chi connectivity index (χ0) is 11.5. The van der Waals surface area contributed by atoms with Crippen molar-refractivity contribution in [3.8, 4) is 0 Å². The quantitative estimate of drug-likeness (QED) is 0.673. The molecule has 0 saturated carbocycles. The monoisotopic (exact) mass is 222 g/mol. The van der Waals surface area contributed by atoms with Crippen LogP contribution in [-0.4, -0.2) is 0 Å². The van der Waals surface area contributed by atoms with Crippen LogP contribution in [0.3, 0.4) is 0 Å². The van der Waals surface area contributed by atoms with Crippen LogP contribution < -0.4 is 0 Å². The number of allylic oxidation sites excluding steroid dienone is 2. The number of unbranched alkanes of at least 4 members (excludes halogenated alkanes) is 1. The van der Waals surface area contributed by atoms with E-state index in [1.807, 2.05) is 0 Å². The maximum absolute atomic E-state index is 13.1. The lowest BCUT2D eigenvalue weighted by Gasteiger charge is -2.17. The molecule has 86 valence electrons. The summed E-state index contributed by atoms with van der Waals surface area (Å²) >= 11 is 0. The molecule has 1 aromatic rings. The minimum Gasteiger partial charge on any atom is -0.204 e. The number of benzene rings is 1. The fraction of sp³-hybridized carbons (Fsp3) is 0.429. The molecule has 0 heterocycles. The van der Waals surface area contributed by atoms with Crippen LogP contribution in [0.1, 0.15) is 37.3 Å². The molecule has 0 aliphatic heterocycles. The van der Waals surface area contributed by atoms with Gasteiger partial charge in [-0.25, -0.2) is 8.78 Å². The van der Waals surface area contributed by atoms with Crippen LogP contribution in [0.2, 0.25) is 0 Å². The SMILES string of the molecule is CCCCC1=CCc2cc(F)c(F)cc2C1. The van der Waals surface area contributed by atoms with Gasteiger partial charge < -0.3 is 0 Å². The summed E-state index contributed by atoms with van der Waals surface area (Å²) in [6, 6.07) is 2.68. The number of fused-ring (bicyclic) bond motifs is 1. The number of halogens is 2. The highest BCUT2D eigenvalue weighted by molar-refractivity contribution is 5.37. The Morgan fingerprint density at radius 3 is 2.50 bits per heavy atom. The lowest BCUT2D eigenvalue weighted by Crippen LogP contribution is -2.05. The second kappa shape index (κ2) is 4.77. The molecular weight excluding hydrogens is 206 g/mol. The van der Waals surface area contributed by atoms with Gasteiger partial charge in [0.25, 0.3) is 0 Å². The molecule has 0 spiro atoms. The van der Waals surface area contributed by atoms with Gasteiger partial charge in [0.05, 0.1) is 0 Å². The van der Waals surface area contributed by atoms with Crippen molar-refractivity contribution in [3.05, 3.63) is 46.5 Å². The topological polar surface area (TPSA) is 0 Å². The summed E-state index contributed by atoms with van der Waals surface area (Å²) in [4.78, 5) is 0. The molecule has 0 unspecified atom stereocenters. The van der Waals surface area contributed by atoms with Crippen molar-refractivity contribution >= 4 is 0 Å². The van der Waals surface area contributed by atoms with Crippen LogP contribution in [0.25, 0.3) is 0 Å². The highest BCUT2D eigenvalue weighted by Gasteiger charge is 2.14. The van der Waals surface area contributed by atoms with Crippen LogP contribution in [0.4, 0.5) is 8.78 Å². The van der Waals surface area contributed by atoms with E-state index in [1.165, 1.54) is 30.5 Å². The van der Waals surface area contributed by atoms with E-state index in [0.29, 0.717) is 0 Å². The first-order valence-electron chi connectivity index (χ1n) is 5.85. The fourth-order valence-electron chi connectivity index (χ4n) is 2.15. The Labute approximate surface area is 95.0 Å². The lowest BCUT2D eigenvalue weighted by molar-refractivity contribution is 0.505. The largest absolute Gasteiger partial charge is 0.204 e. The van der Waals surface area contributed by atoms with Crippen molar-refractivity contribution in [1.82, 2.24) is 0 Å². The average molecular weight is 222 g/mol. The predicted molar refractivity (Wildman–Crippen MR) is 61.4 cm³/mol. The zero-order valence-corrected chi connectivity index (χ0v) is 9.52. The Morgan fingerprint density at radius 1 is 1.12 bits per heavy atom. The Morgan fingerprint density at radius 2 is 1.81 bits per heavy atom. The molecule has 1 aliphatic carbocycles. The van der Waals surface area contributed by atoms with Crippen LogP contribution in [0.5, 0.6) is 0 Å². The maximum Gasteiger partial charge on any atom is 0.159 e. The van der Waals surface area contributed by atoms with Gasteiger partial charge in [0.2, 0.25) is 0 Å². The molecule has 2 heteroatoms. The molecule has 0 saturated heterocycles. The van der Waals surface area contributed by atoms with Crippen molar-refractivity contribution in [3.63, 3.8) is 0 Å². The summed E-state index contributed by atoms with van der Waals surface area (Å²) in [5, 5.41) is 0. The van der Waals surface area contributed by atoms with Crippen molar-refractivity contribution in [2.75, 3.05) is 0 Å². The number of hydrogen-bond donors (Lipinski definition) is 0. The standard InChI is InChI=1S/C14H16F2/c1-2-3-4-10-5-6-11-8-13(15)14(16)9-12(11)7-10/h5,8-9H,2-4,6-7H2,1H3. The van der Waals surface area contributed by atoms with Crippen LogP contribution in [-0.2, 0) is 12.8 Å². The first-order valence-corrected chi connectivity index (χ1v) is 5.85. The van der Waals surface area contributed by atoms with Gasteiger partial charge in [-0.05, 0) is 48.9 Å². The van der Waals surface area contributed by atoms with Gasteiger partial charge in [-0.3, -0.25) is 0 Å². The minimum atomic E-state index is -0.732. The lowest BCUT2D eigenvalue weighted by atomic mass is 9.89. The third-order valence-corrected chi connectivity index (χ3v) is 3.12. The first-order chi connectivity index (χ1) is 7.70. The van der Waals surface area contributed by atoms with Gasteiger partial charge in [-0.1, -0.05) is 25.0 Å². The summed E-state index contributed by atoms with van der Waals surface area (Å²) < 4.78 is 26.1. The predicted octanol–water partition coefficient (Wildman–Crippen LogP) is 4.18. The van der Waals surface area contributed by atoms with Gasteiger partial charge in [-0.15, -0.1) is 0 Å². The summed E-state index contributed by atoms with van der Waals surface area (Å²) in [6.07, 6.45) is 7.11. The molecule has 1 aliphatic rings. The molecule has 0 N–H and O–H groups in total. The van der Waals surface area contributed by atoms with Crippen molar-refractivity contribution < 1.29 is 8.78 Å². The summed E-state index contributed by atoms with van der Waals surface area (Å²) in [5.41, 5.74) is 3.24. The Hall–Kier alpha value is -1.18. The van der Waals surface area contributed by atoms with E-state index in [-0.39, 0.29) is 0 Å². The van der Waals surface area contributed by atoms with Gasteiger partial charge >= 0.3 is 0 Å². The van der Waals surface area contributed by atoms with E-state index >= 15 is 0 Å². The average Bonchev–Trinajstić information content (AvgIpc) is 2.28. The third kappa shape index (κ3) is 2.31. The third-order valence-electron chi connectivity index (χ3n) is 3.12. The second-order valence-electron chi connectivity index (χ2n) is 4.38. The first kappa shape index (κ1) is 11.3. The molecule has 0 atom stereocenters. The van der Waals surface area contributed by atoms with Crippen molar-refractivity contribution in [2.24, 2.45) is 0 Å². The molecule has 16 heavy (non-hydrogen) atoms. The maximum atomic E-state index is 13.1. The number of hydrogen-bond acceptors (Lipinski definition) is 0. The van der Waals surface area contributed by atoms with Gasteiger partial charge in [0.1, 0.15) is 0 Å². The zero-order valence-electron chi connectivity index (χ0n) is 9.52. The van der Waals surface area contributed by atoms with Gasteiger partial charge in [0.15, 0.2) is 11.6 Å². The van der Waals surface area contributed by atoms with Gasteiger partial charge in [0, 0.05) is 0 Å². The molecule has 0 amide bonds. The summed E-state index contributed by atoms with van der Waals surface area (Å²) in [6.45, 7) is 2.16. The Kier molecular flexibility index (Phi) is 3.37. The molecule has 0 radical (unpaired) electrons. The van der Waals surface area contributed by atoms with Crippen molar-refractivity contribution in [2.45, 2.75) is 39.0 Å². The molecule has 2 rings (SSSR count). The van der Waals surface area contributed by atoms with Gasteiger partial charge in [-0.2, -0.15) is 0 Å². The highest BCUT2D eigenvalue weighted by atomic mass is 19.2. The van der Waals surface area contributed by atoms with E-state index in [2.05, 4.69) is 13.0 Å². The van der Waals surface area contributed by atoms with E-state index in [9.17, 15) is 8.78 Å². The summed E-state index contributed by atoms with van der Waals surface area (Å²) in [7, 11) is 0. The Bertz CT molecular complexity index is 419. The van der Waals surface area contributed by atoms with E-state index in [4.69, 9.17) is 0 Å². The molecule has 0 nitrogen and oxygen atoms in total. The molecule has 0 aromatic heterocycles. The van der Waals surface area contributed by atoms with E-state index in [0.717, 1.165) is 30.4 Å². The molecule has 1 aromatic carbocycles. The van der Waals surface area contributed by atoms with Crippen molar-refractivity contribution in [1.29, 1.82) is 0 Å². The minimum absolute atomic E-state index is 0.726. The van der Waals surface area contributed by atoms with Crippen LogP contribution in [0.15, 0.2) is 23.8 Å². The number of rotatable bonds is 3. The summed E-state index contributed by atoms with van der Waals surface area (Å²) in [5.74, 6) is -1.46. The smallest absolute Gasteiger partial charge is 0.159 e. The van der Waals surface area contributed by atoms with Crippen LogP contribution >= 0.6 is 0 Å². The van der Waals surface area contributed by atoms with Crippen LogP contribution in [0, 0.1) is 11.6 Å². The second-order valence-corrected chi connectivity index (χ2v) is 4.38. The fourth-order valence-corrected chi connectivity index (χ4v) is 2.15.